The van der Waals surface area contributed by atoms with Gasteiger partial charge in [-0.2, -0.15) is 0 Å². The first-order valence-electron chi connectivity index (χ1n) is 8.01. The van der Waals surface area contributed by atoms with Crippen LogP contribution in [0.5, 0.6) is 0 Å². The molecule has 0 atom stereocenters. The zero-order valence-electron chi connectivity index (χ0n) is 13.4. The number of pyridine rings is 1. The third-order valence-corrected chi connectivity index (χ3v) is 4.27. The molecule has 118 valence electrons. The molecule has 0 bridgehead atoms. The van der Waals surface area contributed by atoms with E-state index in [1.54, 1.807) is 6.20 Å². The minimum atomic E-state index is -0.102. The Bertz CT molecular complexity index is 1040. The first-order chi connectivity index (χ1) is 11.8. The fourth-order valence-corrected chi connectivity index (χ4v) is 3.09. The molecule has 4 rings (SSSR count). The van der Waals surface area contributed by atoms with Crippen molar-refractivity contribution in [1.29, 1.82) is 0 Å². The number of nitrogens with zero attached hydrogens (tertiary/aromatic N) is 2. The summed E-state index contributed by atoms with van der Waals surface area (Å²) in [6, 6.07) is 17.6. The standard InChI is InChI=1S/C20H17N3O/c1-2-23-13-16(14-7-3-4-11-19(14)23)20(24)22-18-10-5-9-17-15(18)8-6-12-21-17/h3-13H,2H2,1H3,(H,22,24). The predicted octanol–water partition coefficient (Wildman–Crippen LogP) is 4.46. The molecule has 0 saturated carbocycles. The summed E-state index contributed by atoms with van der Waals surface area (Å²) in [7, 11) is 0. The molecule has 0 aliphatic carbocycles. The van der Waals surface area contributed by atoms with Crippen molar-refractivity contribution in [2.24, 2.45) is 0 Å². The van der Waals surface area contributed by atoms with Gasteiger partial charge in [-0.3, -0.25) is 9.78 Å². The summed E-state index contributed by atoms with van der Waals surface area (Å²) >= 11 is 0. The van der Waals surface area contributed by atoms with Crippen molar-refractivity contribution < 1.29 is 4.79 Å². The van der Waals surface area contributed by atoms with Crippen molar-refractivity contribution in [2.45, 2.75) is 13.5 Å². The van der Waals surface area contributed by atoms with Crippen LogP contribution in [-0.4, -0.2) is 15.5 Å². The summed E-state index contributed by atoms with van der Waals surface area (Å²) < 4.78 is 2.09. The number of rotatable bonds is 3. The van der Waals surface area contributed by atoms with Gasteiger partial charge in [-0.1, -0.05) is 24.3 Å². The minimum absolute atomic E-state index is 0.102. The van der Waals surface area contributed by atoms with Crippen molar-refractivity contribution in [2.75, 3.05) is 5.32 Å². The van der Waals surface area contributed by atoms with E-state index in [2.05, 4.69) is 21.8 Å². The number of aryl methyl sites for hydroxylation is 1. The molecule has 0 fully saturated rings. The molecule has 2 heterocycles. The smallest absolute Gasteiger partial charge is 0.257 e. The van der Waals surface area contributed by atoms with E-state index >= 15 is 0 Å². The number of benzene rings is 2. The number of para-hydroxylation sites is 1. The first-order valence-corrected chi connectivity index (χ1v) is 8.01. The molecular weight excluding hydrogens is 298 g/mol. The Hall–Kier alpha value is -3.14. The Kier molecular flexibility index (Phi) is 3.50. The van der Waals surface area contributed by atoms with Crippen molar-refractivity contribution in [3.05, 3.63) is 72.6 Å². The largest absolute Gasteiger partial charge is 0.347 e. The van der Waals surface area contributed by atoms with E-state index in [1.165, 1.54) is 0 Å². The summed E-state index contributed by atoms with van der Waals surface area (Å²) in [5, 5.41) is 4.94. The van der Waals surface area contributed by atoms with E-state index in [0.717, 1.165) is 34.0 Å². The zero-order chi connectivity index (χ0) is 16.5. The lowest BCUT2D eigenvalue weighted by Gasteiger charge is -2.07. The number of anilines is 1. The first kappa shape index (κ1) is 14.5. The number of aromatic nitrogens is 2. The molecule has 0 saturated heterocycles. The minimum Gasteiger partial charge on any atom is -0.347 e. The second kappa shape index (κ2) is 5.81. The maximum atomic E-state index is 12.9. The van der Waals surface area contributed by atoms with Crippen LogP contribution in [0.25, 0.3) is 21.8 Å². The lowest BCUT2D eigenvalue weighted by molar-refractivity contribution is 0.102. The van der Waals surface area contributed by atoms with E-state index in [4.69, 9.17) is 0 Å². The van der Waals surface area contributed by atoms with Crippen LogP contribution in [-0.2, 0) is 6.54 Å². The highest BCUT2D eigenvalue weighted by Crippen LogP contribution is 2.25. The van der Waals surface area contributed by atoms with Crippen molar-refractivity contribution >= 4 is 33.4 Å². The highest BCUT2D eigenvalue weighted by Gasteiger charge is 2.15. The summed E-state index contributed by atoms with van der Waals surface area (Å²) in [5.74, 6) is -0.102. The molecule has 4 heteroatoms. The van der Waals surface area contributed by atoms with Crippen molar-refractivity contribution in [3.8, 4) is 0 Å². The SMILES string of the molecule is CCn1cc(C(=O)Nc2cccc3ncccc23)c2ccccc21. The Morgan fingerprint density at radius 1 is 1.04 bits per heavy atom. The van der Waals surface area contributed by atoms with Gasteiger partial charge in [0.2, 0.25) is 0 Å². The summed E-state index contributed by atoms with van der Waals surface area (Å²) in [6.07, 6.45) is 3.67. The van der Waals surface area contributed by atoms with Gasteiger partial charge in [-0.05, 0) is 37.3 Å². The maximum Gasteiger partial charge on any atom is 0.257 e. The van der Waals surface area contributed by atoms with Gasteiger partial charge in [0, 0.05) is 35.2 Å². The molecular formula is C20H17N3O. The van der Waals surface area contributed by atoms with Crippen LogP contribution in [0.2, 0.25) is 0 Å². The van der Waals surface area contributed by atoms with E-state index in [9.17, 15) is 4.79 Å². The predicted molar refractivity (Wildman–Crippen MR) is 97.3 cm³/mol. The van der Waals surface area contributed by atoms with Crippen LogP contribution in [0, 0.1) is 0 Å². The third kappa shape index (κ3) is 2.33. The molecule has 4 aromatic rings. The van der Waals surface area contributed by atoms with Gasteiger partial charge in [-0.25, -0.2) is 0 Å². The Balaban J connectivity index is 1.77. The fraction of sp³-hybridized carbons (Fsp3) is 0.100. The monoisotopic (exact) mass is 315 g/mol. The Morgan fingerprint density at radius 3 is 2.75 bits per heavy atom. The van der Waals surface area contributed by atoms with Crippen LogP contribution >= 0.6 is 0 Å². The zero-order valence-corrected chi connectivity index (χ0v) is 13.4. The Morgan fingerprint density at radius 2 is 1.88 bits per heavy atom. The van der Waals surface area contributed by atoms with Crippen molar-refractivity contribution in [3.63, 3.8) is 0 Å². The normalized spacial score (nSPS) is 11.0. The highest BCUT2D eigenvalue weighted by atomic mass is 16.1. The number of nitrogens with one attached hydrogen (secondary N) is 1. The lowest BCUT2D eigenvalue weighted by atomic mass is 10.1. The molecule has 2 aromatic carbocycles. The fourth-order valence-electron chi connectivity index (χ4n) is 3.09. The number of hydrogen-bond acceptors (Lipinski definition) is 2. The maximum absolute atomic E-state index is 12.9. The lowest BCUT2D eigenvalue weighted by Crippen LogP contribution is -2.11. The second-order valence-corrected chi connectivity index (χ2v) is 5.68. The quantitative estimate of drug-likeness (QED) is 0.606. The van der Waals surface area contributed by atoms with Gasteiger partial charge >= 0.3 is 0 Å². The summed E-state index contributed by atoms with van der Waals surface area (Å²) in [6.45, 7) is 2.90. The van der Waals surface area contributed by atoms with Crippen LogP contribution in [0.3, 0.4) is 0 Å². The average Bonchev–Trinajstić information content (AvgIpc) is 3.01. The van der Waals surface area contributed by atoms with Crippen LogP contribution in [0.15, 0.2) is 67.0 Å². The van der Waals surface area contributed by atoms with E-state index in [0.29, 0.717) is 5.56 Å². The van der Waals surface area contributed by atoms with Gasteiger partial charge in [-0.15, -0.1) is 0 Å². The van der Waals surface area contributed by atoms with Gasteiger partial charge in [0.15, 0.2) is 0 Å². The molecule has 0 aliphatic heterocycles. The van der Waals surface area contributed by atoms with Gasteiger partial charge in [0.05, 0.1) is 16.8 Å². The van der Waals surface area contributed by atoms with E-state index < -0.39 is 0 Å². The number of amides is 1. The molecule has 0 spiro atoms. The summed E-state index contributed by atoms with van der Waals surface area (Å²) in [4.78, 5) is 17.2. The molecule has 1 N–H and O–H groups in total. The second-order valence-electron chi connectivity index (χ2n) is 5.68. The molecule has 4 nitrogen and oxygen atoms in total. The van der Waals surface area contributed by atoms with Crippen LogP contribution < -0.4 is 5.32 Å². The summed E-state index contributed by atoms with van der Waals surface area (Å²) in [5.41, 5.74) is 3.41. The van der Waals surface area contributed by atoms with Crippen LogP contribution in [0.1, 0.15) is 17.3 Å². The molecule has 0 aliphatic rings. The molecule has 1 amide bonds. The topological polar surface area (TPSA) is 46.9 Å². The van der Waals surface area contributed by atoms with E-state index in [1.807, 2.05) is 60.8 Å². The van der Waals surface area contributed by atoms with Crippen molar-refractivity contribution in [1.82, 2.24) is 9.55 Å². The van der Waals surface area contributed by atoms with Gasteiger partial charge < -0.3 is 9.88 Å². The number of carbonyl (C=O) groups excluding carboxylic acids is 1. The van der Waals surface area contributed by atoms with Gasteiger partial charge in [0.25, 0.3) is 5.91 Å². The number of fused-ring (bicyclic) bond motifs is 2. The average molecular weight is 315 g/mol. The highest BCUT2D eigenvalue weighted by molar-refractivity contribution is 6.15. The molecule has 0 radical (unpaired) electrons. The third-order valence-electron chi connectivity index (χ3n) is 4.27. The molecule has 2 aromatic heterocycles. The number of hydrogen-bond donors (Lipinski definition) is 1. The van der Waals surface area contributed by atoms with Crippen LogP contribution in [0.4, 0.5) is 5.69 Å². The Labute approximate surface area is 139 Å². The molecule has 0 unspecified atom stereocenters. The molecule has 24 heavy (non-hydrogen) atoms. The van der Waals surface area contributed by atoms with Gasteiger partial charge in [0.1, 0.15) is 0 Å². The number of carbonyl (C=O) groups is 1. The van der Waals surface area contributed by atoms with E-state index in [-0.39, 0.29) is 5.91 Å².